The molecule has 0 aliphatic heterocycles. The fourth-order valence-electron chi connectivity index (χ4n) is 2.79. The number of ether oxygens (including phenoxy) is 2. The lowest BCUT2D eigenvalue weighted by Gasteiger charge is -2.15. The van der Waals surface area contributed by atoms with Crippen LogP contribution in [0.2, 0.25) is 5.02 Å². The molecule has 0 aromatic heterocycles. The Kier molecular flexibility index (Phi) is 9.48. The average molecular weight is 433 g/mol. The van der Waals surface area contributed by atoms with E-state index >= 15 is 0 Å². The molecule has 0 spiro atoms. The maximum Gasteiger partial charge on any atom is 0.251 e. The summed E-state index contributed by atoms with van der Waals surface area (Å²) in [7, 11) is 0. The van der Waals surface area contributed by atoms with E-state index in [0.717, 1.165) is 18.4 Å². The highest BCUT2D eigenvalue weighted by molar-refractivity contribution is 6.32. The Hall–Kier alpha value is -2.73. The Morgan fingerprint density at radius 2 is 1.73 bits per heavy atom. The molecule has 0 saturated heterocycles. The molecule has 7 heteroatoms. The van der Waals surface area contributed by atoms with E-state index in [0.29, 0.717) is 47.4 Å². The van der Waals surface area contributed by atoms with Gasteiger partial charge in [0.25, 0.3) is 11.8 Å². The zero-order valence-corrected chi connectivity index (χ0v) is 18.5. The number of hydrogen-bond acceptors (Lipinski definition) is 4. The minimum Gasteiger partial charge on any atom is -0.490 e. The van der Waals surface area contributed by atoms with Crippen LogP contribution in [0.1, 0.15) is 59.9 Å². The first-order valence-electron chi connectivity index (χ1n) is 10.2. The van der Waals surface area contributed by atoms with E-state index in [4.69, 9.17) is 21.1 Å². The fourth-order valence-corrected chi connectivity index (χ4v) is 3.06. The summed E-state index contributed by atoms with van der Waals surface area (Å²) in [5, 5.41) is 5.95. The van der Waals surface area contributed by atoms with Crippen molar-refractivity contribution in [2.24, 2.45) is 0 Å². The molecule has 0 heterocycles. The molecule has 0 radical (unpaired) electrons. The number of nitrogens with one attached hydrogen (secondary N) is 2. The second-order valence-electron chi connectivity index (χ2n) is 6.66. The second-order valence-corrected chi connectivity index (χ2v) is 7.07. The topological polar surface area (TPSA) is 76.7 Å². The quantitative estimate of drug-likeness (QED) is 0.509. The van der Waals surface area contributed by atoms with Crippen LogP contribution in [0, 0.1) is 0 Å². The van der Waals surface area contributed by atoms with Crippen LogP contribution in [0.25, 0.3) is 0 Å². The summed E-state index contributed by atoms with van der Waals surface area (Å²) in [6.45, 7) is 7.60. The number of unbranched alkanes of at least 4 members (excludes halogenated alkanes) is 1. The van der Waals surface area contributed by atoms with Gasteiger partial charge in [0.15, 0.2) is 11.5 Å². The van der Waals surface area contributed by atoms with Crippen molar-refractivity contribution in [1.82, 2.24) is 10.6 Å². The van der Waals surface area contributed by atoms with Gasteiger partial charge in [-0.3, -0.25) is 9.59 Å². The van der Waals surface area contributed by atoms with Crippen LogP contribution < -0.4 is 20.1 Å². The highest BCUT2D eigenvalue weighted by Crippen LogP contribution is 2.37. The van der Waals surface area contributed by atoms with Gasteiger partial charge in [0.05, 0.1) is 18.2 Å². The van der Waals surface area contributed by atoms with Gasteiger partial charge >= 0.3 is 0 Å². The molecule has 0 fully saturated rings. The first-order valence-corrected chi connectivity index (χ1v) is 10.6. The predicted octanol–water partition coefficient (Wildman–Crippen LogP) is 4.60. The van der Waals surface area contributed by atoms with E-state index in [1.807, 2.05) is 19.9 Å². The molecular weight excluding hydrogens is 404 g/mol. The zero-order chi connectivity index (χ0) is 21.9. The van der Waals surface area contributed by atoms with Crippen molar-refractivity contribution >= 4 is 23.4 Å². The third-order valence-corrected chi connectivity index (χ3v) is 4.58. The summed E-state index contributed by atoms with van der Waals surface area (Å²) >= 11 is 6.37. The molecule has 0 atom stereocenters. The van der Waals surface area contributed by atoms with Gasteiger partial charge in [-0.2, -0.15) is 0 Å². The van der Waals surface area contributed by atoms with E-state index in [1.165, 1.54) is 0 Å². The largest absolute Gasteiger partial charge is 0.490 e. The van der Waals surface area contributed by atoms with Gasteiger partial charge in [-0.25, -0.2) is 0 Å². The molecule has 2 aromatic rings. The molecule has 2 N–H and O–H groups in total. The van der Waals surface area contributed by atoms with Gasteiger partial charge in [-0.1, -0.05) is 37.1 Å². The zero-order valence-electron chi connectivity index (χ0n) is 17.7. The van der Waals surface area contributed by atoms with Crippen LogP contribution in [-0.4, -0.2) is 31.6 Å². The molecule has 30 heavy (non-hydrogen) atoms. The first kappa shape index (κ1) is 23.5. The Labute approximate surface area is 182 Å². The highest BCUT2D eigenvalue weighted by Gasteiger charge is 2.16. The lowest BCUT2D eigenvalue weighted by molar-refractivity contribution is 0.0946. The lowest BCUT2D eigenvalue weighted by Crippen LogP contribution is -2.24. The van der Waals surface area contributed by atoms with E-state index in [2.05, 4.69) is 17.6 Å². The lowest BCUT2D eigenvalue weighted by atomic mass is 10.1. The summed E-state index contributed by atoms with van der Waals surface area (Å²) in [6, 6.07) is 10.4. The predicted molar refractivity (Wildman–Crippen MR) is 119 cm³/mol. The SMILES string of the molecule is CCCCOc1c(Cl)cc(C(=O)NCc2cccc(C(=O)NCC)c2)cc1OCC. The number of carbonyl (C=O) groups is 2. The van der Waals surface area contributed by atoms with Crippen LogP contribution in [0.4, 0.5) is 0 Å². The average Bonchev–Trinajstić information content (AvgIpc) is 2.74. The van der Waals surface area contributed by atoms with Crippen LogP contribution in [0.5, 0.6) is 11.5 Å². The van der Waals surface area contributed by atoms with Gasteiger partial charge in [-0.15, -0.1) is 0 Å². The molecule has 0 aliphatic carbocycles. The molecule has 2 amide bonds. The smallest absolute Gasteiger partial charge is 0.251 e. The molecule has 0 bridgehead atoms. The first-order chi connectivity index (χ1) is 14.5. The molecule has 0 aliphatic rings. The second kappa shape index (κ2) is 12.1. The van der Waals surface area contributed by atoms with E-state index in [1.54, 1.807) is 30.3 Å². The maximum absolute atomic E-state index is 12.7. The molecule has 2 aromatic carbocycles. The van der Waals surface area contributed by atoms with Crippen molar-refractivity contribution in [1.29, 1.82) is 0 Å². The Morgan fingerprint density at radius 3 is 2.43 bits per heavy atom. The summed E-state index contributed by atoms with van der Waals surface area (Å²) in [6.07, 6.45) is 1.91. The van der Waals surface area contributed by atoms with Gasteiger partial charge in [0.1, 0.15) is 0 Å². The van der Waals surface area contributed by atoms with Crippen molar-refractivity contribution in [3.8, 4) is 11.5 Å². The van der Waals surface area contributed by atoms with Gasteiger partial charge in [-0.05, 0) is 50.1 Å². The molecule has 0 saturated carbocycles. The van der Waals surface area contributed by atoms with Gasteiger partial charge in [0, 0.05) is 24.2 Å². The maximum atomic E-state index is 12.7. The van der Waals surface area contributed by atoms with E-state index in [9.17, 15) is 9.59 Å². The monoisotopic (exact) mass is 432 g/mol. The van der Waals surface area contributed by atoms with Crippen LogP contribution >= 0.6 is 11.6 Å². The summed E-state index contributed by atoms with van der Waals surface area (Å²) < 4.78 is 11.4. The number of hydrogen-bond donors (Lipinski definition) is 2. The van der Waals surface area contributed by atoms with Crippen molar-refractivity contribution in [3.05, 3.63) is 58.1 Å². The number of carbonyl (C=O) groups excluding carboxylic acids is 2. The number of amides is 2. The summed E-state index contributed by atoms with van der Waals surface area (Å²) in [5.74, 6) is 0.474. The van der Waals surface area contributed by atoms with E-state index in [-0.39, 0.29) is 18.4 Å². The van der Waals surface area contributed by atoms with Crippen molar-refractivity contribution in [2.75, 3.05) is 19.8 Å². The number of rotatable bonds is 11. The van der Waals surface area contributed by atoms with Crippen molar-refractivity contribution < 1.29 is 19.1 Å². The third-order valence-electron chi connectivity index (χ3n) is 4.30. The molecular formula is C23H29ClN2O4. The van der Waals surface area contributed by atoms with Gasteiger partial charge < -0.3 is 20.1 Å². The molecule has 0 unspecified atom stereocenters. The Morgan fingerprint density at radius 1 is 0.967 bits per heavy atom. The normalized spacial score (nSPS) is 10.4. The highest BCUT2D eigenvalue weighted by atomic mass is 35.5. The Balaban J connectivity index is 2.11. The molecule has 162 valence electrons. The molecule has 6 nitrogen and oxygen atoms in total. The van der Waals surface area contributed by atoms with Crippen molar-refractivity contribution in [3.63, 3.8) is 0 Å². The Bertz CT molecular complexity index is 870. The standard InChI is InChI=1S/C23H29ClN2O4/c1-4-7-11-30-21-19(24)13-18(14-20(21)29-6-3)23(28)26-15-16-9-8-10-17(12-16)22(27)25-5-2/h8-10,12-14H,4-7,11,15H2,1-3H3,(H,25,27)(H,26,28). The fraction of sp³-hybridized carbons (Fsp3) is 0.391. The summed E-state index contributed by atoms with van der Waals surface area (Å²) in [5.41, 5.74) is 1.76. The minimum absolute atomic E-state index is 0.141. The van der Waals surface area contributed by atoms with E-state index < -0.39 is 0 Å². The summed E-state index contributed by atoms with van der Waals surface area (Å²) in [4.78, 5) is 24.7. The minimum atomic E-state index is -0.290. The molecule has 2 rings (SSSR count). The number of halogens is 1. The van der Waals surface area contributed by atoms with Crippen LogP contribution in [-0.2, 0) is 6.54 Å². The van der Waals surface area contributed by atoms with Gasteiger partial charge in [0.2, 0.25) is 0 Å². The third kappa shape index (κ3) is 6.66. The van der Waals surface area contributed by atoms with Crippen LogP contribution in [0.3, 0.4) is 0 Å². The number of benzene rings is 2. The van der Waals surface area contributed by atoms with Crippen LogP contribution in [0.15, 0.2) is 36.4 Å². The van der Waals surface area contributed by atoms with Crippen molar-refractivity contribution in [2.45, 2.75) is 40.2 Å².